The number of aliphatic imine (C=N–C) groups is 1. The summed E-state index contributed by atoms with van der Waals surface area (Å²) in [5.41, 5.74) is 1.34. The van der Waals surface area contributed by atoms with Gasteiger partial charge in [-0.05, 0) is 51.0 Å². The van der Waals surface area contributed by atoms with Crippen LogP contribution in [0.25, 0.3) is 0 Å². The summed E-state index contributed by atoms with van der Waals surface area (Å²) in [6.45, 7) is 8.17. The van der Waals surface area contributed by atoms with Crippen molar-refractivity contribution in [1.29, 1.82) is 0 Å². The maximum atomic E-state index is 5.64. The molecule has 1 aliphatic carbocycles. The molecule has 184 valence electrons. The predicted octanol–water partition coefficient (Wildman–Crippen LogP) is 4.42. The first-order valence-corrected chi connectivity index (χ1v) is 11.5. The summed E-state index contributed by atoms with van der Waals surface area (Å²) in [5.74, 6) is 2.87. The van der Waals surface area contributed by atoms with E-state index in [1.165, 1.54) is 25.7 Å². The van der Waals surface area contributed by atoms with Crippen LogP contribution in [0.3, 0.4) is 0 Å². The highest BCUT2D eigenvalue weighted by atomic mass is 127. The fraction of sp³-hybridized carbons (Fsp3) is 0.708. The topological polar surface area (TPSA) is 73.3 Å². The molecule has 1 aromatic rings. The maximum absolute atomic E-state index is 5.64. The Kier molecular flexibility index (Phi) is 13.8. The van der Waals surface area contributed by atoms with Crippen molar-refractivity contribution in [1.82, 2.24) is 10.6 Å². The zero-order chi connectivity index (χ0) is 22.5. The summed E-state index contributed by atoms with van der Waals surface area (Å²) in [5, 5.41) is 6.85. The van der Waals surface area contributed by atoms with E-state index in [4.69, 9.17) is 23.9 Å². The summed E-state index contributed by atoms with van der Waals surface area (Å²) in [7, 11) is 4.91. The SMILES string of the molecule is CCNC(=NCC1(CCOCC)CCCC1)NCCc1ccc(OC)c(OC)c1OC.I. The van der Waals surface area contributed by atoms with Crippen molar-refractivity contribution in [3.8, 4) is 17.2 Å². The number of methoxy groups -OCH3 is 3. The molecule has 0 unspecified atom stereocenters. The molecule has 0 heterocycles. The van der Waals surface area contributed by atoms with Crippen LogP contribution >= 0.6 is 24.0 Å². The first-order valence-electron chi connectivity index (χ1n) is 11.5. The average Bonchev–Trinajstić information content (AvgIpc) is 3.26. The van der Waals surface area contributed by atoms with E-state index < -0.39 is 0 Å². The molecule has 2 N–H and O–H groups in total. The van der Waals surface area contributed by atoms with E-state index in [2.05, 4.69) is 24.5 Å². The van der Waals surface area contributed by atoms with Gasteiger partial charge in [0.2, 0.25) is 5.75 Å². The van der Waals surface area contributed by atoms with Crippen molar-refractivity contribution < 1.29 is 18.9 Å². The minimum absolute atomic E-state index is 0. The minimum Gasteiger partial charge on any atom is -0.493 e. The van der Waals surface area contributed by atoms with Gasteiger partial charge in [0.25, 0.3) is 0 Å². The molecule has 0 amide bonds. The molecule has 0 saturated heterocycles. The molecule has 1 saturated carbocycles. The molecule has 1 aromatic carbocycles. The molecule has 8 heteroatoms. The van der Waals surface area contributed by atoms with Crippen LogP contribution in [0.5, 0.6) is 17.2 Å². The molecular formula is C24H42IN3O4. The van der Waals surface area contributed by atoms with Crippen molar-refractivity contribution in [2.24, 2.45) is 10.4 Å². The van der Waals surface area contributed by atoms with Gasteiger partial charge in [-0.2, -0.15) is 0 Å². The number of nitrogens with zero attached hydrogens (tertiary/aromatic N) is 1. The number of rotatable bonds is 13. The van der Waals surface area contributed by atoms with Crippen molar-refractivity contribution in [2.45, 2.75) is 52.4 Å². The largest absolute Gasteiger partial charge is 0.493 e. The van der Waals surface area contributed by atoms with E-state index in [1.807, 2.05) is 12.1 Å². The van der Waals surface area contributed by atoms with Gasteiger partial charge in [-0.3, -0.25) is 4.99 Å². The Bertz CT molecular complexity index is 694. The number of hydrogen-bond donors (Lipinski definition) is 2. The Hall–Kier alpha value is -1.42. The summed E-state index contributed by atoms with van der Waals surface area (Å²) in [6, 6.07) is 3.94. The average molecular weight is 564 g/mol. The Labute approximate surface area is 211 Å². The van der Waals surface area contributed by atoms with Gasteiger partial charge < -0.3 is 29.6 Å². The predicted molar refractivity (Wildman–Crippen MR) is 141 cm³/mol. The fourth-order valence-corrected chi connectivity index (χ4v) is 4.31. The quantitative estimate of drug-likeness (QED) is 0.160. The first kappa shape index (κ1) is 28.6. The van der Waals surface area contributed by atoms with Crippen LogP contribution in [0, 0.1) is 5.41 Å². The molecule has 0 radical (unpaired) electrons. The molecule has 2 rings (SSSR count). The normalized spacial score (nSPS) is 15.1. The van der Waals surface area contributed by atoms with E-state index in [9.17, 15) is 0 Å². The minimum atomic E-state index is 0. The molecule has 0 aromatic heterocycles. The third-order valence-electron chi connectivity index (χ3n) is 6.03. The van der Waals surface area contributed by atoms with Crippen LogP contribution in [0.2, 0.25) is 0 Å². The molecule has 7 nitrogen and oxygen atoms in total. The molecular weight excluding hydrogens is 521 g/mol. The van der Waals surface area contributed by atoms with Crippen LogP contribution < -0.4 is 24.8 Å². The number of guanidine groups is 1. The highest BCUT2D eigenvalue weighted by Gasteiger charge is 2.33. The monoisotopic (exact) mass is 563 g/mol. The number of benzene rings is 1. The molecule has 0 bridgehead atoms. The van der Waals surface area contributed by atoms with Gasteiger partial charge in [-0.25, -0.2) is 0 Å². The summed E-state index contributed by atoms with van der Waals surface area (Å²) >= 11 is 0. The van der Waals surface area contributed by atoms with E-state index in [-0.39, 0.29) is 29.4 Å². The molecule has 1 fully saturated rings. The lowest BCUT2D eigenvalue weighted by atomic mass is 9.83. The summed E-state index contributed by atoms with van der Waals surface area (Å²) in [6.07, 6.45) is 6.95. The Balaban J connectivity index is 0.00000512. The van der Waals surface area contributed by atoms with Crippen LogP contribution in [0.1, 0.15) is 51.5 Å². The molecule has 1 aliphatic rings. The molecule has 0 atom stereocenters. The Morgan fingerprint density at radius 1 is 1.00 bits per heavy atom. The highest BCUT2D eigenvalue weighted by Crippen LogP contribution is 2.41. The van der Waals surface area contributed by atoms with E-state index >= 15 is 0 Å². The second-order valence-electron chi connectivity index (χ2n) is 8.02. The zero-order valence-corrected chi connectivity index (χ0v) is 22.8. The third-order valence-corrected chi connectivity index (χ3v) is 6.03. The van der Waals surface area contributed by atoms with Crippen molar-refractivity contribution in [3.63, 3.8) is 0 Å². The molecule has 0 aliphatic heterocycles. The number of ether oxygens (including phenoxy) is 4. The van der Waals surface area contributed by atoms with Gasteiger partial charge in [-0.1, -0.05) is 18.9 Å². The third kappa shape index (κ3) is 8.17. The van der Waals surface area contributed by atoms with Gasteiger partial charge >= 0.3 is 0 Å². The summed E-state index contributed by atoms with van der Waals surface area (Å²) in [4.78, 5) is 4.94. The van der Waals surface area contributed by atoms with Crippen molar-refractivity contribution >= 4 is 29.9 Å². The van der Waals surface area contributed by atoms with E-state index in [1.54, 1.807) is 21.3 Å². The van der Waals surface area contributed by atoms with Crippen molar-refractivity contribution in [2.75, 3.05) is 54.2 Å². The lowest BCUT2D eigenvalue weighted by molar-refractivity contribution is 0.107. The number of nitrogens with one attached hydrogen (secondary N) is 2. The molecule has 32 heavy (non-hydrogen) atoms. The van der Waals surface area contributed by atoms with Crippen LogP contribution in [-0.2, 0) is 11.2 Å². The van der Waals surface area contributed by atoms with E-state index in [0.717, 1.165) is 57.2 Å². The first-order chi connectivity index (χ1) is 15.1. The maximum Gasteiger partial charge on any atom is 0.203 e. The lowest BCUT2D eigenvalue weighted by Gasteiger charge is -2.27. The lowest BCUT2D eigenvalue weighted by Crippen LogP contribution is -2.39. The van der Waals surface area contributed by atoms with Gasteiger partial charge in [0.15, 0.2) is 17.5 Å². The Morgan fingerprint density at radius 2 is 1.72 bits per heavy atom. The smallest absolute Gasteiger partial charge is 0.203 e. The number of halogens is 1. The van der Waals surface area contributed by atoms with Crippen LogP contribution in [0.4, 0.5) is 0 Å². The van der Waals surface area contributed by atoms with Crippen molar-refractivity contribution in [3.05, 3.63) is 17.7 Å². The second kappa shape index (κ2) is 15.4. The second-order valence-corrected chi connectivity index (χ2v) is 8.02. The van der Waals surface area contributed by atoms with E-state index in [0.29, 0.717) is 17.2 Å². The van der Waals surface area contributed by atoms with Gasteiger partial charge in [0.1, 0.15) is 0 Å². The van der Waals surface area contributed by atoms with Gasteiger partial charge in [0.05, 0.1) is 21.3 Å². The van der Waals surface area contributed by atoms with Crippen LogP contribution in [0.15, 0.2) is 17.1 Å². The van der Waals surface area contributed by atoms with Crippen LogP contribution in [-0.4, -0.2) is 60.1 Å². The van der Waals surface area contributed by atoms with Gasteiger partial charge in [0, 0.05) is 38.4 Å². The Morgan fingerprint density at radius 3 is 2.31 bits per heavy atom. The molecule has 0 spiro atoms. The standard InChI is InChI=1S/C24H41N3O4.HI/c1-6-25-23(27-18-24(13-8-9-14-24)15-17-31-7-2)26-16-12-19-10-11-20(28-3)22(30-5)21(19)29-4;/h10-11H,6-9,12-18H2,1-5H3,(H2,25,26,27);1H. The zero-order valence-electron chi connectivity index (χ0n) is 20.4. The fourth-order valence-electron chi connectivity index (χ4n) is 4.31. The number of hydrogen-bond acceptors (Lipinski definition) is 5. The summed E-state index contributed by atoms with van der Waals surface area (Å²) < 4.78 is 22.1. The van der Waals surface area contributed by atoms with Gasteiger partial charge in [-0.15, -0.1) is 24.0 Å². The highest BCUT2D eigenvalue weighted by molar-refractivity contribution is 14.0.